The molecule has 0 radical (unpaired) electrons. The van der Waals surface area contributed by atoms with E-state index >= 15 is 0 Å². The van der Waals surface area contributed by atoms with Crippen LogP contribution in [0.1, 0.15) is 34.9 Å². The number of fused-ring (bicyclic) bond motifs is 1. The zero-order chi connectivity index (χ0) is 22.1. The maximum atomic E-state index is 12.9. The number of carbonyl (C=O) groups is 1. The zero-order valence-electron chi connectivity index (χ0n) is 18.1. The molecule has 0 N–H and O–H groups in total. The molecule has 0 bridgehead atoms. The van der Waals surface area contributed by atoms with E-state index in [0.29, 0.717) is 16.8 Å². The summed E-state index contributed by atoms with van der Waals surface area (Å²) in [6.45, 7) is 5.61. The lowest BCUT2D eigenvalue weighted by molar-refractivity contribution is -0.129. The first-order valence-corrected chi connectivity index (χ1v) is 12.5. The Morgan fingerprint density at radius 1 is 1.09 bits per heavy atom. The number of aromatic nitrogens is 5. The Morgan fingerprint density at radius 2 is 1.84 bits per heavy atom. The van der Waals surface area contributed by atoms with E-state index in [1.807, 2.05) is 43.0 Å². The van der Waals surface area contributed by atoms with Crippen molar-refractivity contribution in [3.05, 3.63) is 58.6 Å². The Hall–Kier alpha value is -2.78. The van der Waals surface area contributed by atoms with Crippen LogP contribution in [-0.2, 0) is 4.79 Å². The molecule has 7 nitrogen and oxygen atoms in total. The second-order valence-electron chi connectivity index (χ2n) is 8.08. The van der Waals surface area contributed by atoms with Gasteiger partial charge in [0.05, 0.1) is 26.7 Å². The number of carbonyl (C=O) groups excluding carboxylic acids is 1. The van der Waals surface area contributed by atoms with Crippen LogP contribution in [-0.4, -0.2) is 54.8 Å². The number of rotatable bonds is 5. The van der Waals surface area contributed by atoms with Crippen LogP contribution in [0.3, 0.4) is 0 Å². The average Bonchev–Trinajstić information content (AvgIpc) is 3.44. The number of likely N-dealkylation sites (tertiary alicyclic amines) is 1. The smallest absolute Gasteiger partial charge is 0.233 e. The van der Waals surface area contributed by atoms with Crippen molar-refractivity contribution in [3.8, 4) is 5.69 Å². The minimum Gasteiger partial charge on any atom is -0.342 e. The lowest BCUT2D eigenvalue weighted by Gasteiger charge is -2.31. The molecule has 1 fully saturated rings. The summed E-state index contributed by atoms with van der Waals surface area (Å²) in [5, 5.41) is 14.0. The van der Waals surface area contributed by atoms with Crippen LogP contribution >= 0.6 is 23.1 Å². The van der Waals surface area contributed by atoms with Crippen LogP contribution in [0.5, 0.6) is 0 Å². The average molecular weight is 465 g/mol. The van der Waals surface area contributed by atoms with Gasteiger partial charge in [0.25, 0.3) is 0 Å². The normalized spacial score (nSPS) is 14.9. The third-order valence-electron chi connectivity index (χ3n) is 5.92. The van der Waals surface area contributed by atoms with Gasteiger partial charge < -0.3 is 4.90 Å². The summed E-state index contributed by atoms with van der Waals surface area (Å²) in [6.07, 6.45) is 1.91. The van der Waals surface area contributed by atoms with E-state index in [9.17, 15) is 4.79 Å². The van der Waals surface area contributed by atoms with Crippen molar-refractivity contribution in [2.75, 3.05) is 18.8 Å². The number of tetrazole rings is 1. The second-order valence-corrected chi connectivity index (χ2v) is 10.1. The Kier molecular flexibility index (Phi) is 5.93. The number of hydrogen-bond acceptors (Lipinski definition) is 7. The first-order valence-electron chi connectivity index (χ1n) is 10.7. The lowest BCUT2D eigenvalue weighted by atomic mass is 9.97. The quantitative estimate of drug-likeness (QED) is 0.408. The number of amides is 1. The molecule has 2 aromatic heterocycles. The fourth-order valence-corrected chi connectivity index (χ4v) is 6.12. The van der Waals surface area contributed by atoms with Gasteiger partial charge in [0.15, 0.2) is 0 Å². The number of hydrogen-bond donors (Lipinski definition) is 0. The molecule has 5 rings (SSSR count). The highest BCUT2D eigenvalue weighted by molar-refractivity contribution is 7.99. The summed E-state index contributed by atoms with van der Waals surface area (Å²) < 4.78 is 2.97. The van der Waals surface area contributed by atoms with Gasteiger partial charge in [-0.15, -0.1) is 16.4 Å². The molecular formula is C23H24N6OS2. The molecule has 0 aliphatic carbocycles. The topological polar surface area (TPSA) is 76.8 Å². The molecule has 32 heavy (non-hydrogen) atoms. The summed E-state index contributed by atoms with van der Waals surface area (Å²) in [6, 6.07) is 14.4. The molecule has 0 atom stereocenters. The van der Waals surface area contributed by atoms with Gasteiger partial charge in [-0.2, -0.15) is 4.68 Å². The number of piperidine rings is 1. The van der Waals surface area contributed by atoms with Crippen molar-refractivity contribution in [2.24, 2.45) is 0 Å². The largest absolute Gasteiger partial charge is 0.342 e. The van der Waals surface area contributed by atoms with Gasteiger partial charge in [0.2, 0.25) is 11.1 Å². The highest BCUT2D eigenvalue weighted by atomic mass is 32.2. The Morgan fingerprint density at radius 3 is 2.59 bits per heavy atom. The Balaban J connectivity index is 1.20. The number of aryl methyl sites for hydroxylation is 2. The van der Waals surface area contributed by atoms with Crippen molar-refractivity contribution in [3.63, 3.8) is 0 Å². The maximum absolute atomic E-state index is 12.9. The first-order chi connectivity index (χ1) is 15.6. The summed E-state index contributed by atoms with van der Waals surface area (Å²) >= 11 is 3.17. The third kappa shape index (κ3) is 4.14. The highest BCUT2D eigenvalue weighted by Crippen LogP contribution is 2.34. The molecule has 0 saturated carbocycles. The summed E-state index contributed by atoms with van der Waals surface area (Å²) in [5.41, 5.74) is 4.25. The summed E-state index contributed by atoms with van der Waals surface area (Å²) in [5.74, 6) is 0.895. The SMILES string of the molecule is Cc1cccc(C)c1-n1nnnc1SCC(=O)N1CCC(c2nc3ccccc3s2)CC1. The van der Waals surface area contributed by atoms with E-state index in [-0.39, 0.29) is 5.91 Å². The minimum absolute atomic E-state index is 0.133. The number of para-hydroxylation sites is 2. The van der Waals surface area contributed by atoms with Crippen LogP contribution in [0.15, 0.2) is 47.6 Å². The molecule has 164 valence electrons. The predicted molar refractivity (Wildman–Crippen MR) is 128 cm³/mol. The van der Waals surface area contributed by atoms with Crippen LogP contribution < -0.4 is 0 Å². The van der Waals surface area contributed by atoms with E-state index in [4.69, 9.17) is 4.98 Å². The van der Waals surface area contributed by atoms with Crippen molar-refractivity contribution in [1.29, 1.82) is 0 Å². The maximum Gasteiger partial charge on any atom is 0.233 e. The second kappa shape index (κ2) is 8.99. The monoisotopic (exact) mass is 464 g/mol. The number of benzene rings is 2. The van der Waals surface area contributed by atoms with Crippen LogP contribution in [0.4, 0.5) is 0 Å². The van der Waals surface area contributed by atoms with Crippen LogP contribution in [0, 0.1) is 13.8 Å². The Labute approximate surface area is 194 Å². The molecule has 0 unspecified atom stereocenters. The number of nitrogens with zero attached hydrogens (tertiary/aromatic N) is 6. The summed E-state index contributed by atoms with van der Waals surface area (Å²) in [7, 11) is 0. The van der Waals surface area contributed by atoms with Gasteiger partial charge in [-0.25, -0.2) is 4.98 Å². The summed E-state index contributed by atoms with van der Waals surface area (Å²) in [4.78, 5) is 19.7. The molecule has 1 saturated heterocycles. The Bertz CT molecular complexity index is 1210. The molecular weight excluding hydrogens is 440 g/mol. The fourth-order valence-electron chi connectivity index (χ4n) is 4.21. The molecule has 3 heterocycles. The highest BCUT2D eigenvalue weighted by Gasteiger charge is 2.26. The van der Waals surface area contributed by atoms with Crippen molar-refractivity contribution >= 4 is 39.2 Å². The van der Waals surface area contributed by atoms with E-state index in [1.54, 1.807) is 16.0 Å². The van der Waals surface area contributed by atoms with E-state index in [2.05, 4.69) is 33.7 Å². The number of thioether (sulfide) groups is 1. The van der Waals surface area contributed by atoms with Crippen molar-refractivity contribution < 1.29 is 4.79 Å². The predicted octanol–water partition coefficient (Wildman–Crippen LogP) is 4.39. The van der Waals surface area contributed by atoms with Gasteiger partial charge in [0, 0.05) is 19.0 Å². The van der Waals surface area contributed by atoms with Gasteiger partial charge in [-0.3, -0.25) is 4.79 Å². The van der Waals surface area contributed by atoms with Crippen LogP contribution in [0.25, 0.3) is 15.9 Å². The molecule has 0 spiro atoms. The third-order valence-corrected chi connectivity index (χ3v) is 8.03. The van der Waals surface area contributed by atoms with Gasteiger partial charge in [0.1, 0.15) is 0 Å². The zero-order valence-corrected chi connectivity index (χ0v) is 19.7. The minimum atomic E-state index is 0.133. The van der Waals surface area contributed by atoms with Gasteiger partial charge in [-0.05, 0) is 60.4 Å². The van der Waals surface area contributed by atoms with Crippen molar-refractivity contribution in [1.82, 2.24) is 30.1 Å². The molecule has 4 aromatic rings. The standard InChI is InChI=1S/C23H24N6OS2/c1-15-6-5-7-16(2)21(15)29-23(25-26-27-29)31-14-20(30)28-12-10-17(11-13-28)22-24-18-8-3-4-9-19(18)32-22/h3-9,17H,10-14H2,1-2H3. The van der Waals surface area contributed by atoms with Crippen molar-refractivity contribution in [2.45, 2.75) is 37.8 Å². The molecule has 9 heteroatoms. The molecule has 1 aliphatic heterocycles. The molecule has 2 aromatic carbocycles. The fraction of sp³-hybridized carbons (Fsp3) is 0.348. The number of thiazole rings is 1. The first kappa shape index (κ1) is 21.1. The van der Waals surface area contributed by atoms with E-state index in [1.165, 1.54) is 21.5 Å². The lowest BCUT2D eigenvalue weighted by Crippen LogP contribution is -2.39. The van der Waals surface area contributed by atoms with Gasteiger partial charge >= 0.3 is 0 Å². The van der Waals surface area contributed by atoms with Gasteiger partial charge in [-0.1, -0.05) is 42.1 Å². The molecule has 1 amide bonds. The molecule has 1 aliphatic rings. The van der Waals surface area contributed by atoms with Crippen LogP contribution in [0.2, 0.25) is 0 Å². The van der Waals surface area contributed by atoms with E-state index in [0.717, 1.165) is 48.3 Å². The van der Waals surface area contributed by atoms with E-state index < -0.39 is 0 Å².